The van der Waals surface area contributed by atoms with Crippen molar-refractivity contribution in [2.75, 3.05) is 26.3 Å². The number of hydrogen-bond donors (Lipinski definition) is 2. The van der Waals surface area contributed by atoms with E-state index in [0.29, 0.717) is 13.2 Å². The highest BCUT2D eigenvalue weighted by molar-refractivity contribution is 5.86. The molecule has 4 nitrogen and oxygen atoms in total. The second-order valence-electron chi connectivity index (χ2n) is 4.58. The monoisotopic (exact) mass is 228 g/mol. The fourth-order valence-electron chi connectivity index (χ4n) is 1.87. The summed E-state index contributed by atoms with van der Waals surface area (Å²) in [5.41, 5.74) is -0.358. The van der Waals surface area contributed by atoms with Gasteiger partial charge in [-0.05, 0) is 32.7 Å². The SMILES string of the molecule is CCCCOCCNC(=O)C1(C)CCCN1. The molecular weight excluding hydrogens is 204 g/mol. The van der Waals surface area contributed by atoms with Crippen molar-refractivity contribution < 1.29 is 9.53 Å². The van der Waals surface area contributed by atoms with Crippen molar-refractivity contribution in [3.05, 3.63) is 0 Å². The van der Waals surface area contributed by atoms with Crippen LogP contribution < -0.4 is 10.6 Å². The lowest BCUT2D eigenvalue weighted by Crippen LogP contribution is -2.51. The third-order valence-corrected chi connectivity index (χ3v) is 3.04. The standard InChI is InChI=1S/C12H24N2O2/c1-3-4-9-16-10-8-13-11(15)12(2)6-5-7-14-12/h14H,3-10H2,1-2H3,(H,13,15). The lowest BCUT2D eigenvalue weighted by atomic mass is 9.99. The van der Waals surface area contributed by atoms with Gasteiger partial charge in [-0.2, -0.15) is 0 Å². The number of nitrogens with one attached hydrogen (secondary N) is 2. The van der Waals surface area contributed by atoms with Gasteiger partial charge in [0.1, 0.15) is 0 Å². The molecule has 1 aliphatic rings. The number of hydrogen-bond acceptors (Lipinski definition) is 3. The van der Waals surface area contributed by atoms with Gasteiger partial charge in [-0.1, -0.05) is 13.3 Å². The summed E-state index contributed by atoms with van der Waals surface area (Å²) in [7, 11) is 0. The van der Waals surface area contributed by atoms with E-state index >= 15 is 0 Å². The highest BCUT2D eigenvalue weighted by Crippen LogP contribution is 2.18. The second-order valence-corrected chi connectivity index (χ2v) is 4.58. The van der Waals surface area contributed by atoms with Crippen LogP contribution in [0.15, 0.2) is 0 Å². The van der Waals surface area contributed by atoms with Crippen molar-refractivity contribution >= 4 is 5.91 Å². The third kappa shape index (κ3) is 4.10. The normalized spacial score (nSPS) is 24.6. The first-order valence-corrected chi connectivity index (χ1v) is 6.30. The van der Waals surface area contributed by atoms with Crippen LogP contribution in [-0.4, -0.2) is 37.7 Å². The lowest BCUT2D eigenvalue weighted by molar-refractivity contribution is -0.126. The van der Waals surface area contributed by atoms with E-state index in [-0.39, 0.29) is 11.4 Å². The van der Waals surface area contributed by atoms with Crippen LogP contribution >= 0.6 is 0 Å². The van der Waals surface area contributed by atoms with Crippen molar-refractivity contribution in [2.24, 2.45) is 0 Å². The average molecular weight is 228 g/mol. The van der Waals surface area contributed by atoms with Crippen molar-refractivity contribution in [1.82, 2.24) is 10.6 Å². The fourth-order valence-corrected chi connectivity index (χ4v) is 1.87. The summed E-state index contributed by atoms with van der Waals surface area (Å²) >= 11 is 0. The molecule has 1 heterocycles. The molecule has 1 amide bonds. The Labute approximate surface area is 98.1 Å². The van der Waals surface area contributed by atoms with E-state index in [4.69, 9.17) is 4.74 Å². The minimum absolute atomic E-state index is 0.101. The third-order valence-electron chi connectivity index (χ3n) is 3.04. The maximum Gasteiger partial charge on any atom is 0.240 e. The van der Waals surface area contributed by atoms with Gasteiger partial charge in [-0.25, -0.2) is 0 Å². The molecule has 1 rings (SSSR count). The van der Waals surface area contributed by atoms with Gasteiger partial charge in [0.15, 0.2) is 0 Å². The molecule has 0 aromatic heterocycles. The van der Waals surface area contributed by atoms with Gasteiger partial charge in [0.25, 0.3) is 0 Å². The van der Waals surface area contributed by atoms with E-state index in [1.54, 1.807) is 0 Å². The summed E-state index contributed by atoms with van der Waals surface area (Å²) in [5, 5.41) is 6.16. The van der Waals surface area contributed by atoms with Gasteiger partial charge in [0, 0.05) is 13.2 Å². The van der Waals surface area contributed by atoms with Gasteiger partial charge < -0.3 is 15.4 Å². The first-order chi connectivity index (χ1) is 7.69. The van der Waals surface area contributed by atoms with Crippen molar-refractivity contribution in [3.63, 3.8) is 0 Å². The Morgan fingerprint density at radius 3 is 2.94 bits per heavy atom. The van der Waals surface area contributed by atoms with E-state index in [1.807, 2.05) is 6.92 Å². The molecule has 1 unspecified atom stereocenters. The minimum atomic E-state index is -0.358. The number of carbonyl (C=O) groups excluding carboxylic acids is 1. The fraction of sp³-hybridized carbons (Fsp3) is 0.917. The Kier molecular flexibility index (Phi) is 5.77. The van der Waals surface area contributed by atoms with Crippen LogP contribution in [0.3, 0.4) is 0 Å². The van der Waals surface area contributed by atoms with Crippen molar-refractivity contribution in [2.45, 2.75) is 45.1 Å². The molecule has 0 bridgehead atoms. The highest BCUT2D eigenvalue weighted by Gasteiger charge is 2.35. The molecule has 2 N–H and O–H groups in total. The smallest absolute Gasteiger partial charge is 0.240 e. The highest BCUT2D eigenvalue weighted by atomic mass is 16.5. The first kappa shape index (κ1) is 13.5. The molecule has 0 aliphatic carbocycles. The largest absolute Gasteiger partial charge is 0.380 e. The van der Waals surface area contributed by atoms with Gasteiger partial charge in [-0.15, -0.1) is 0 Å². The summed E-state index contributed by atoms with van der Waals surface area (Å²) < 4.78 is 5.38. The first-order valence-electron chi connectivity index (χ1n) is 6.30. The molecule has 0 aromatic carbocycles. The Hall–Kier alpha value is -0.610. The molecule has 0 aromatic rings. The van der Waals surface area contributed by atoms with E-state index in [2.05, 4.69) is 17.6 Å². The van der Waals surface area contributed by atoms with E-state index in [1.165, 1.54) is 0 Å². The Morgan fingerprint density at radius 1 is 1.50 bits per heavy atom. The quantitative estimate of drug-likeness (QED) is 0.641. The van der Waals surface area contributed by atoms with Gasteiger partial charge in [-0.3, -0.25) is 4.79 Å². The molecule has 1 saturated heterocycles. The average Bonchev–Trinajstić information content (AvgIpc) is 2.71. The van der Waals surface area contributed by atoms with E-state index in [0.717, 1.165) is 38.8 Å². The van der Waals surface area contributed by atoms with Gasteiger partial charge in [0.2, 0.25) is 5.91 Å². The molecular formula is C12H24N2O2. The molecule has 0 radical (unpaired) electrons. The molecule has 1 atom stereocenters. The van der Waals surface area contributed by atoms with Crippen LogP contribution in [0.4, 0.5) is 0 Å². The van der Waals surface area contributed by atoms with Crippen LogP contribution in [0.1, 0.15) is 39.5 Å². The topological polar surface area (TPSA) is 50.4 Å². The molecule has 4 heteroatoms. The number of rotatable bonds is 7. The molecule has 1 aliphatic heterocycles. The van der Waals surface area contributed by atoms with Crippen molar-refractivity contribution in [1.29, 1.82) is 0 Å². The predicted octanol–water partition coefficient (Wildman–Crippen LogP) is 1.06. The summed E-state index contributed by atoms with van der Waals surface area (Å²) in [5.74, 6) is 0.101. The number of carbonyl (C=O) groups is 1. The lowest BCUT2D eigenvalue weighted by Gasteiger charge is -2.22. The van der Waals surface area contributed by atoms with Crippen molar-refractivity contribution in [3.8, 4) is 0 Å². The predicted molar refractivity (Wildman–Crippen MR) is 64.4 cm³/mol. The van der Waals surface area contributed by atoms with Crippen LogP contribution in [0.25, 0.3) is 0 Å². The summed E-state index contributed by atoms with van der Waals surface area (Å²) in [6.45, 7) is 7.06. The molecule has 94 valence electrons. The molecule has 0 saturated carbocycles. The number of ether oxygens (including phenoxy) is 1. The Bertz CT molecular complexity index is 213. The van der Waals surface area contributed by atoms with Crippen LogP contribution in [0, 0.1) is 0 Å². The minimum Gasteiger partial charge on any atom is -0.380 e. The van der Waals surface area contributed by atoms with Gasteiger partial charge >= 0.3 is 0 Å². The zero-order valence-electron chi connectivity index (χ0n) is 10.5. The zero-order valence-corrected chi connectivity index (χ0v) is 10.5. The molecule has 0 spiro atoms. The second kappa shape index (κ2) is 6.86. The number of unbranched alkanes of at least 4 members (excludes halogenated alkanes) is 1. The van der Waals surface area contributed by atoms with Crippen LogP contribution in [-0.2, 0) is 9.53 Å². The van der Waals surface area contributed by atoms with Crippen LogP contribution in [0.2, 0.25) is 0 Å². The Balaban J connectivity index is 2.06. The summed E-state index contributed by atoms with van der Waals surface area (Å²) in [6.07, 6.45) is 4.24. The van der Waals surface area contributed by atoms with Gasteiger partial charge in [0.05, 0.1) is 12.1 Å². The number of amides is 1. The zero-order chi connectivity index (χ0) is 11.9. The maximum absolute atomic E-state index is 11.8. The summed E-state index contributed by atoms with van der Waals surface area (Å²) in [4.78, 5) is 11.8. The molecule has 16 heavy (non-hydrogen) atoms. The Morgan fingerprint density at radius 2 is 2.31 bits per heavy atom. The summed E-state index contributed by atoms with van der Waals surface area (Å²) in [6, 6.07) is 0. The van der Waals surface area contributed by atoms with Crippen LogP contribution in [0.5, 0.6) is 0 Å². The maximum atomic E-state index is 11.8. The van der Waals surface area contributed by atoms with E-state index in [9.17, 15) is 4.79 Å². The van der Waals surface area contributed by atoms with E-state index < -0.39 is 0 Å². The molecule has 1 fully saturated rings.